The maximum Gasteiger partial charge on any atom is 0.319 e. The molecule has 0 radical (unpaired) electrons. The third kappa shape index (κ3) is 3.27. The van der Waals surface area contributed by atoms with Crippen LogP contribution in [0.2, 0.25) is 0 Å². The van der Waals surface area contributed by atoms with E-state index in [0.29, 0.717) is 12.5 Å². The molecule has 0 bridgehead atoms. The first-order chi connectivity index (χ1) is 6.63. The van der Waals surface area contributed by atoms with E-state index in [1.165, 1.54) is 7.11 Å². The van der Waals surface area contributed by atoms with E-state index in [9.17, 15) is 9.90 Å². The number of rotatable bonds is 3. The predicted octanol–water partition coefficient (Wildman–Crippen LogP) is 0.252. The lowest BCUT2D eigenvalue weighted by molar-refractivity contribution is -0.142. The van der Waals surface area contributed by atoms with Crippen molar-refractivity contribution in [2.45, 2.75) is 25.9 Å². The van der Waals surface area contributed by atoms with Crippen LogP contribution in [0, 0.1) is 5.92 Å². The summed E-state index contributed by atoms with van der Waals surface area (Å²) in [6.45, 7) is 3.89. The standard InChI is InChI=1S/C10H19NO3/c1-8(12)9-4-3-5-11(6-9)7-10(13)14-2/h8-9,12H,3-7H2,1-2H3/t8-,9+/m1/s1. The van der Waals surface area contributed by atoms with E-state index in [1.54, 1.807) is 0 Å². The van der Waals surface area contributed by atoms with E-state index < -0.39 is 0 Å². The van der Waals surface area contributed by atoms with Gasteiger partial charge in [0, 0.05) is 6.54 Å². The highest BCUT2D eigenvalue weighted by molar-refractivity contribution is 5.71. The van der Waals surface area contributed by atoms with E-state index in [2.05, 4.69) is 4.74 Å². The van der Waals surface area contributed by atoms with Crippen LogP contribution in [0.25, 0.3) is 0 Å². The molecule has 1 aliphatic heterocycles. The fourth-order valence-corrected chi connectivity index (χ4v) is 1.88. The summed E-state index contributed by atoms with van der Waals surface area (Å²) in [5, 5.41) is 9.44. The topological polar surface area (TPSA) is 49.8 Å². The first-order valence-corrected chi connectivity index (χ1v) is 5.10. The smallest absolute Gasteiger partial charge is 0.319 e. The van der Waals surface area contributed by atoms with Gasteiger partial charge in [-0.3, -0.25) is 9.69 Å². The van der Waals surface area contributed by atoms with Crippen molar-refractivity contribution in [2.24, 2.45) is 5.92 Å². The van der Waals surface area contributed by atoms with Gasteiger partial charge in [-0.25, -0.2) is 0 Å². The number of hydrogen-bond acceptors (Lipinski definition) is 4. The van der Waals surface area contributed by atoms with Crippen LogP contribution >= 0.6 is 0 Å². The number of esters is 1. The molecule has 0 amide bonds. The molecule has 82 valence electrons. The lowest BCUT2D eigenvalue weighted by Gasteiger charge is -2.33. The molecule has 4 nitrogen and oxygen atoms in total. The van der Waals surface area contributed by atoms with Gasteiger partial charge in [-0.1, -0.05) is 0 Å². The quantitative estimate of drug-likeness (QED) is 0.665. The van der Waals surface area contributed by atoms with Crippen molar-refractivity contribution in [1.82, 2.24) is 4.90 Å². The normalized spacial score (nSPS) is 25.8. The van der Waals surface area contributed by atoms with E-state index >= 15 is 0 Å². The van der Waals surface area contributed by atoms with Crippen molar-refractivity contribution in [3.63, 3.8) is 0 Å². The van der Waals surface area contributed by atoms with Crippen molar-refractivity contribution >= 4 is 5.97 Å². The molecule has 0 aliphatic carbocycles. The highest BCUT2D eigenvalue weighted by atomic mass is 16.5. The van der Waals surface area contributed by atoms with Gasteiger partial charge in [0.15, 0.2) is 0 Å². The molecule has 0 aromatic heterocycles. The summed E-state index contributed by atoms with van der Waals surface area (Å²) < 4.78 is 4.61. The van der Waals surface area contributed by atoms with Gasteiger partial charge in [0.2, 0.25) is 0 Å². The van der Waals surface area contributed by atoms with Crippen LogP contribution in [-0.2, 0) is 9.53 Å². The molecular formula is C10H19NO3. The molecule has 1 heterocycles. The summed E-state index contributed by atoms with van der Waals surface area (Å²) in [6.07, 6.45) is 1.82. The van der Waals surface area contributed by atoms with Crippen molar-refractivity contribution in [1.29, 1.82) is 0 Å². The molecular weight excluding hydrogens is 182 g/mol. The molecule has 2 atom stereocenters. The van der Waals surface area contributed by atoms with E-state index in [1.807, 2.05) is 11.8 Å². The Morgan fingerprint density at radius 2 is 2.43 bits per heavy atom. The lowest BCUT2D eigenvalue weighted by atomic mass is 9.93. The van der Waals surface area contributed by atoms with Crippen LogP contribution < -0.4 is 0 Å². The molecule has 0 spiro atoms. The molecule has 0 saturated carbocycles. The van der Waals surface area contributed by atoms with E-state index in [-0.39, 0.29) is 12.1 Å². The number of piperidine rings is 1. The van der Waals surface area contributed by atoms with Crippen molar-refractivity contribution in [3.8, 4) is 0 Å². The van der Waals surface area contributed by atoms with Crippen molar-refractivity contribution < 1.29 is 14.6 Å². The second kappa shape index (κ2) is 5.32. The third-order valence-electron chi connectivity index (χ3n) is 2.80. The molecule has 1 N–H and O–H groups in total. The summed E-state index contributed by atoms with van der Waals surface area (Å²) in [5.74, 6) is 0.102. The largest absolute Gasteiger partial charge is 0.468 e. The van der Waals surface area contributed by atoms with Gasteiger partial charge >= 0.3 is 5.97 Å². The van der Waals surface area contributed by atoms with Gasteiger partial charge < -0.3 is 9.84 Å². The van der Waals surface area contributed by atoms with Crippen LogP contribution in [0.4, 0.5) is 0 Å². The van der Waals surface area contributed by atoms with Crippen LogP contribution in [0.5, 0.6) is 0 Å². The fraction of sp³-hybridized carbons (Fsp3) is 0.900. The van der Waals surface area contributed by atoms with Gasteiger partial charge in [-0.2, -0.15) is 0 Å². The van der Waals surface area contributed by atoms with Gasteiger partial charge in [-0.05, 0) is 32.2 Å². The second-order valence-electron chi connectivity index (χ2n) is 3.95. The average Bonchev–Trinajstić information content (AvgIpc) is 2.18. The Hall–Kier alpha value is -0.610. The molecule has 0 unspecified atom stereocenters. The Bertz CT molecular complexity index is 194. The number of nitrogens with zero attached hydrogens (tertiary/aromatic N) is 1. The Morgan fingerprint density at radius 1 is 1.71 bits per heavy atom. The van der Waals surface area contributed by atoms with Crippen LogP contribution in [0.1, 0.15) is 19.8 Å². The minimum atomic E-state index is -0.282. The number of carbonyl (C=O) groups excluding carboxylic acids is 1. The fourth-order valence-electron chi connectivity index (χ4n) is 1.88. The van der Waals surface area contributed by atoms with E-state index in [0.717, 1.165) is 25.9 Å². The second-order valence-corrected chi connectivity index (χ2v) is 3.95. The molecule has 1 aliphatic rings. The van der Waals surface area contributed by atoms with Gasteiger partial charge in [0.1, 0.15) is 0 Å². The highest BCUT2D eigenvalue weighted by Gasteiger charge is 2.24. The molecule has 1 fully saturated rings. The monoisotopic (exact) mass is 201 g/mol. The molecule has 14 heavy (non-hydrogen) atoms. The third-order valence-corrected chi connectivity index (χ3v) is 2.80. The van der Waals surface area contributed by atoms with Crippen LogP contribution in [0.3, 0.4) is 0 Å². The number of methoxy groups -OCH3 is 1. The zero-order chi connectivity index (χ0) is 10.6. The molecule has 0 aromatic carbocycles. The van der Waals surface area contributed by atoms with Crippen LogP contribution in [-0.4, -0.2) is 48.8 Å². The number of carbonyl (C=O) groups is 1. The zero-order valence-corrected chi connectivity index (χ0v) is 8.90. The summed E-state index contributed by atoms with van der Waals surface area (Å²) in [4.78, 5) is 13.1. The van der Waals surface area contributed by atoms with Gasteiger partial charge in [0.25, 0.3) is 0 Å². The number of aliphatic hydroxyl groups excluding tert-OH is 1. The summed E-state index contributed by atoms with van der Waals surface area (Å²) >= 11 is 0. The van der Waals surface area contributed by atoms with Gasteiger partial charge in [-0.15, -0.1) is 0 Å². The molecule has 0 aromatic rings. The average molecular weight is 201 g/mol. The molecule has 1 saturated heterocycles. The Balaban J connectivity index is 2.36. The maximum atomic E-state index is 11.0. The highest BCUT2D eigenvalue weighted by Crippen LogP contribution is 2.19. The number of ether oxygens (including phenoxy) is 1. The summed E-state index contributed by atoms with van der Waals surface area (Å²) in [5.41, 5.74) is 0. The maximum absolute atomic E-state index is 11.0. The summed E-state index contributed by atoms with van der Waals surface area (Å²) in [6, 6.07) is 0. The number of aliphatic hydroxyl groups is 1. The molecule has 1 rings (SSSR count). The Labute approximate surface area is 84.8 Å². The first-order valence-electron chi connectivity index (χ1n) is 5.10. The van der Waals surface area contributed by atoms with E-state index in [4.69, 9.17) is 0 Å². The van der Waals surface area contributed by atoms with Crippen LogP contribution in [0.15, 0.2) is 0 Å². The molecule has 4 heteroatoms. The number of hydrogen-bond donors (Lipinski definition) is 1. The zero-order valence-electron chi connectivity index (χ0n) is 8.90. The first kappa shape index (κ1) is 11.5. The Morgan fingerprint density at radius 3 is 3.00 bits per heavy atom. The summed E-state index contributed by atoms with van der Waals surface area (Å²) in [7, 11) is 1.40. The Kier molecular flexibility index (Phi) is 4.35. The van der Waals surface area contributed by atoms with Crippen molar-refractivity contribution in [3.05, 3.63) is 0 Å². The minimum Gasteiger partial charge on any atom is -0.468 e. The SMILES string of the molecule is COC(=O)CN1CCC[C@H]([C@@H](C)O)C1. The lowest BCUT2D eigenvalue weighted by Crippen LogP contribution is -2.42. The minimum absolute atomic E-state index is 0.198. The van der Waals surface area contributed by atoms with Gasteiger partial charge in [0.05, 0.1) is 19.8 Å². The van der Waals surface area contributed by atoms with Crippen molar-refractivity contribution in [2.75, 3.05) is 26.7 Å². The predicted molar refractivity (Wildman–Crippen MR) is 52.9 cm³/mol. The number of likely N-dealkylation sites (tertiary alicyclic amines) is 1.